The molecule has 2 heteroatoms. The van der Waals surface area contributed by atoms with Gasteiger partial charge in [-0.3, -0.25) is 0 Å². The number of nitrogens with two attached hydrogens (primary N) is 1. The maximum absolute atomic E-state index is 5.93. The third-order valence-corrected chi connectivity index (χ3v) is 3.14. The van der Waals surface area contributed by atoms with Crippen LogP contribution in [0.4, 0.5) is 0 Å². The van der Waals surface area contributed by atoms with Crippen molar-refractivity contribution in [3.05, 3.63) is 33.8 Å². The smallest absolute Gasteiger partial charge is 0.0303 e. The molecule has 66 valence electrons. The lowest BCUT2D eigenvalue weighted by Crippen LogP contribution is -2.09. The van der Waals surface area contributed by atoms with Gasteiger partial charge in [0, 0.05) is 10.5 Å². The van der Waals surface area contributed by atoms with E-state index >= 15 is 0 Å². The van der Waals surface area contributed by atoms with Crippen molar-refractivity contribution in [2.24, 2.45) is 5.73 Å². The fourth-order valence-corrected chi connectivity index (χ4v) is 1.73. The molecule has 1 nitrogen and oxygen atoms in total. The number of rotatable bonds is 2. The molecule has 0 amide bonds. The first-order chi connectivity index (χ1) is 5.66. The molecule has 0 bridgehead atoms. The third-order valence-electron chi connectivity index (χ3n) is 2.06. The van der Waals surface area contributed by atoms with E-state index in [9.17, 15) is 0 Å². The summed E-state index contributed by atoms with van der Waals surface area (Å²) in [4.78, 5) is 0. The molecule has 0 aromatic heterocycles. The SMILES string of the molecule is CC[C@H](N)c1cccc(C)c1Br. The van der Waals surface area contributed by atoms with Crippen molar-refractivity contribution < 1.29 is 0 Å². The van der Waals surface area contributed by atoms with E-state index < -0.39 is 0 Å². The summed E-state index contributed by atoms with van der Waals surface area (Å²) in [6, 6.07) is 6.35. The average Bonchev–Trinajstić information content (AvgIpc) is 2.08. The fourth-order valence-electron chi connectivity index (χ4n) is 1.18. The molecule has 0 saturated carbocycles. The summed E-state index contributed by atoms with van der Waals surface area (Å²) in [6.45, 7) is 4.18. The molecule has 0 aliphatic rings. The van der Waals surface area contributed by atoms with E-state index in [2.05, 4.69) is 41.9 Å². The number of halogens is 1. The topological polar surface area (TPSA) is 26.0 Å². The Labute approximate surface area is 82.1 Å². The highest BCUT2D eigenvalue weighted by molar-refractivity contribution is 9.10. The number of benzene rings is 1. The molecule has 0 aliphatic carbocycles. The highest BCUT2D eigenvalue weighted by Crippen LogP contribution is 2.26. The normalized spacial score (nSPS) is 13.0. The van der Waals surface area contributed by atoms with Crippen LogP contribution in [-0.4, -0.2) is 0 Å². The van der Waals surface area contributed by atoms with Crippen LogP contribution in [-0.2, 0) is 0 Å². The van der Waals surface area contributed by atoms with Crippen LogP contribution >= 0.6 is 15.9 Å². The van der Waals surface area contributed by atoms with Crippen LogP contribution in [0.5, 0.6) is 0 Å². The van der Waals surface area contributed by atoms with Crippen LogP contribution in [0.15, 0.2) is 22.7 Å². The minimum atomic E-state index is 0.152. The summed E-state index contributed by atoms with van der Waals surface area (Å²) in [5.41, 5.74) is 8.39. The molecule has 12 heavy (non-hydrogen) atoms. The standard InChI is InChI=1S/C10H14BrN/c1-3-9(12)8-6-4-5-7(2)10(8)11/h4-6,9H,3,12H2,1-2H3/t9-/m0/s1. The van der Waals surface area contributed by atoms with Gasteiger partial charge in [-0.1, -0.05) is 41.1 Å². The fraction of sp³-hybridized carbons (Fsp3) is 0.400. The van der Waals surface area contributed by atoms with Gasteiger partial charge in [0.25, 0.3) is 0 Å². The first kappa shape index (κ1) is 9.75. The molecule has 1 rings (SSSR count). The van der Waals surface area contributed by atoms with Crippen molar-refractivity contribution in [2.75, 3.05) is 0 Å². The van der Waals surface area contributed by atoms with E-state index in [1.54, 1.807) is 0 Å². The second-order valence-corrected chi connectivity index (χ2v) is 3.79. The second kappa shape index (κ2) is 4.06. The molecule has 0 radical (unpaired) electrons. The Bertz CT molecular complexity index is 271. The maximum atomic E-state index is 5.93. The van der Waals surface area contributed by atoms with Gasteiger partial charge in [-0.25, -0.2) is 0 Å². The first-order valence-electron chi connectivity index (χ1n) is 4.17. The van der Waals surface area contributed by atoms with Gasteiger partial charge in [0.05, 0.1) is 0 Å². The molecule has 0 heterocycles. The summed E-state index contributed by atoms with van der Waals surface area (Å²) in [7, 11) is 0. The lowest BCUT2D eigenvalue weighted by Gasteiger charge is -2.12. The maximum Gasteiger partial charge on any atom is 0.0303 e. The van der Waals surface area contributed by atoms with Crippen LogP contribution in [0.25, 0.3) is 0 Å². The zero-order valence-electron chi connectivity index (χ0n) is 7.47. The lowest BCUT2D eigenvalue weighted by atomic mass is 10.0. The number of aryl methyl sites for hydroxylation is 1. The predicted molar refractivity (Wildman–Crippen MR) is 56.1 cm³/mol. The Morgan fingerprint density at radius 1 is 1.50 bits per heavy atom. The summed E-state index contributed by atoms with van der Waals surface area (Å²) in [5.74, 6) is 0. The summed E-state index contributed by atoms with van der Waals surface area (Å²) in [5, 5.41) is 0. The van der Waals surface area contributed by atoms with Crippen molar-refractivity contribution in [2.45, 2.75) is 26.3 Å². The molecule has 0 aliphatic heterocycles. The van der Waals surface area contributed by atoms with Crippen LogP contribution in [0.1, 0.15) is 30.5 Å². The minimum absolute atomic E-state index is 0.152. The van der Waals surface area contributed by atoms with Gasteiger partial charge in [-0.2, -0.15) is 0 Å². The van der Waals surface area contributed by atoms with Gasteiger partial charge in [0.1, 0.15) is 0 Å². The Morgan fingerprint density at radius 2 is 2.17 bits per heavy atom. The first-order valence-corrected chi connectivity index (χ1v) is 4.96. The summed E-state index contributed by atoms with van der Waals surface area (Å²) < 4.78 is 1.15. The number of hydrogen-bond acceptors (Lipinski definition) is 1. The largest absolute Gasteiger partial charge is 0.324 e. The van der Waals surface area contributed by atoms with E-state index in [0.717, 1.165) is 10.9 Å². The quantitative estimate of drug-likeness (QED) is 0.826. The minimum Gasteiger partial charge on any atom is -0.324 e. The second-order valence-electron chi connectivity index (χ2n) is 2.99. The van der Waals surface area contributed by atoms with Gasteiger partial charge in [-0.05, 0) is 24.5 Å². The molecule has 1 atom stereocenters. The van der Waals surface area contributed by atoms with Crippen LogP contribution < -0.4 is 5.73 Å². The van der Waals surface area contributed by atoms with E-state index in [1.807, 2.05) is 6.07 Å². The van der Waals surface area contributed by atoms with Crippen molar-refractivity contribution in [3.63, 3.8) is 0 Å². The molecule has 0 spiro atoms. The van der Waals surface area contributed by atoms with Gasteiger partial charge >= 0.3 is 0 Å². The van der Waals surface area contributed by atoms with E-state index in [-0.39, 0.29) is 6.04 Å². The monoisotopic (exact) mass is 227 g/mol. The summed E-state index contributed by atoms with van der Waals surface area (Å²) >= 11 is 3.54. The zero-order valence-corrected chi connectivity index (χ0v) is 9.06. The van der Waals surface area contributed by atoms with Gasteiger partial charge in [-0.15, -0.1) is 0 Å². The van der Waals surface area contributed by atoms with Gasteiger partial charge in [0.2, 0.25) is 0 Å². The Balaban J connectivity index is 3.07. The van der Waals surface area contributed by atoms with Crippen LogP contribution in [0.2, 0.25) is 0 Å². The third kappa shape index (κ3) is 1.87. The molecule has 2 N–H and O–H groups in total. The van der Waals surface area contributed by atoms with Crippen molar-refractivity contribution in [3.8, 4) is 0 Å². The highest BCUT2D eigenvalue weighted by atomic mass is 79.9. The molecular weight excluding hydrogens is 214 g/mol. The van der Waals surface area contributed by atoms with Crippen molar-refractivity contribution in [1.82, 2.24) is 0 Å². The van der Waals surface area contributed by atoms with Crippen molar-refractivity contribution in [1.29, 1.82) is 0 Å². The van der Waals surface area contributed by atoms with Crippen LogP contribution in [0.3, 0.4) is 0 Å². The van der Waals surface area contributed by atoms with E-state index in [0.29, 0.717) is 0 Å². The lowest BCUT2D eigenvalue weighted by molar-refractivity contribution is 0.694. The Hall–Kier alpha value is -0.340. The molecule has 1 aromatic rings. The zero-order chi connectivity index (χ0) is 9.14. The highest BCUT2D eigenvalue weighted by Gasteiger charge is 2.07. The van der Waals surface area contributed by atoms with Crippen molar-refractivity contribution >= 4 is 15.9 Å². The predicted octanol–water partition coefficient (Wildman–Crippen LogP) is 3.17. The molecular formula is C10H14BrN. The van der Waals surface area contributed by atoms with Gasteiger partial charge < -0.3 is 5.73 Å². The molecule has 0 unspecified atom stereocenters. The van der Waals surface area contributed by atoms with E-state index in [1.165, 1.54) is 11.1 Å². The molecule has 0 fully saturated rings. The van der Waals surface area contributed by atoms with Gasteiger partial charge in [0.15, 0.2) is 0 Å². The molecule has 0 saturated heterocycles. The van der Waals surface area contributed by atoms with E-state index in [4.69, 9.17) is 5.73 Å². The Morgan fingerprint density at radius 3 is 2.75 bits per heavy atom. The average molecular weight is 228 g/mol. The molecule has 1 aromatic carbocycles. The van der Waals surface area contributed by atoms with Crippen LogP contribution in [0, 0.1) is 6.92 Å². The Kier molecular flexibility index (Phi) is 3.29. The number of hydrogen-bond donors (Lipinski definition) is 1. The summed E-state index contributed by atoms with van der Waals surface area (Å²) in [6.07, 6.45) is 0.974.